The highest BCUT2D eigenvalue weighted by Gasteiger charge is 2.44. The van der Waals surface area contributed by atoms with Gasteiger partial charge in [0.2, 0.25) is 0 Å². The highest BCUT2D eigenvalue weighted by molar-refractivity contribution is 5.71. The molecule has 0 aromatic carbocycles. The highest BCUT2D eigenvalue weighted by atomic mass is 16.5. The second-order valence-corrected chi connectivity index (χ2v) is 5.12. The third kappa shape index (κ3) is 3.26. The van der Waals surface area contributed by atoms with Crippen molar-refractivity contribution in [2.75, 3.05) is 19.8 Å². The fraction of sp³-hybridized carbons (Fsp3) is 0.692. The van der Waals surface area contributed by atoms with Crippen molar-refractivity contribution in [3.8, 4) is 0 Å². The molecule has 1 saturated heterocycles. The van der Waals surface area contributed by atoms with Crippen LogP contribution in [0.15, 0.2) is 12.7 Å². The summed E-state index contributed by atoms with van der Waals surface area (Å²) < 4.78 is 10.4. The molecular formula is C13H19NO5. The van der Waals surface area contributed by atoms with Crippen molar-refractivity contribution in [2.45, 2.75) is 18.9 Å². The minimum Gasteiger partial charge on any atom is -0.481 e. The van der Waals surface area contributed by atoms with Crippen LogP contribution >= 0.6 is 0 Å². The lowest BCUT2D eigenvalue weighted by Crippen LogP contribution is -2.55. The maximum atomic E-state index is 11.6. The van der Waals surface area contributed by atoms with Crippen LogP contribution in [-0.2, 0) is 14.3 Å². The van der Waals surface area contributed by atoms with Crippen LogP contribution in [-0.4, -0.2) is 43.0 Å². The van der Waals surface area contributed by atoms with Gasteiger partial charge in [-0.2, -0.15) is 0 Å². The fourth-order valence-electron chi connectivity index (χ4n) is 2.97. The van der Waals surface area contributed by atoms with Crippen molar-refractivity contribution in [3.63, 3.8) is 0 Å². The zero-order valence-electron chi connectivity index (χ0n) is 10.7. The molecule has 0 spiro atoms. The van der Waals surface area contributed by atoms with Crippen LogP contribution < -0.4 is 5.32 Å². The van der Waals surface area contributed by atoms with E-state index in [0.717, 1.165) is 0 Å². The van der Waals surface area contributed by atoms with Crippen LogP contribution in [0.4, 0.5) is 4.79 Å². The Morgan fingerprint density at radius 2 is 2.00 bits per heavy atom. The average molecular weight is 269 g/mol. The smallest absolute Gasteiger partial charge is 0.407 e. The second kappa shape index (κ2) is 6.06. The van der Waals surface area contributed by atoms with E-state index in [0.29, 0.717) is 26.1 Å². The van der Waals surface area contributed by atoms with E-state index in [-0.39, 0.29) is 30.4 Å². The van der Waals surface area contributed by atoms with Crippen LogP contribution in [0.1, 0.15) is 12.8 Å². The number of hydrogen-bond donors (Lipinski definition) is 2. The van der Waals surface area contributed by atoms with E-state index >= 15 is 0 Å². The topological polar surface area (TPSA) is 84.9 Å². The SMILES string of the molecule is C=CCOC(=O)NC1C2COCC1CC(C(=O)O)C2. The van der Waals surface area contributed by atoms with Gasteiger partial charge in [-0.25, -0.2) is 4.79 Å². The molecule has 0 aromatic heterocycles. The van der Waals surface area contributed by atoms with Gasteiger partial charge in [-0.05, 0) is 12.8 Å². The molecule has 2 bridgehead atoms. The molecule has 6 nitrogen and oxygen atoms in total. The molecular weight excluding hydrogens is 250 g/mol. The Morgan fingerprint density at radius 1 is 1.37 bits per heavy atom. The zero-order valence-corrected chi connectivity index (χ0v) is 10.7. The largest absolute Gasteiger partial charge is 0.481 e. The van der Waals surface area contributed by atoms with Crippen molar-refractivity contribution < 1.29 is 24.2 Å². The predicted molar refractivity (Wildman–Crippen MR) is 66.6 cm³/mol. The number of carbonyl (C=O) groups excluding carboxylic acids is 1. The van der Waals surface area contributed by atoms with Crippen LogP contribution in [0.3, 0.4) is 0 Å². The number of ether oxygens (including phenoxy) is 2. The first kappa shape index (κ1) is 13.9. The van der Waals surface area contributed by atoms with Gasteiger partial charge in [-0.1, -0.05) is 12.7 Å². The zero-order chi connectivity index (χ0) is 13.8. The second-order valence-electron chi connectivity index (χ2n) is 5.12. The third-order valence-corrected chi connectivity index (χ3v) is 3.82. The average Bonchev–Trinajstić information content (AvgIpc) is 2.35. The number of carboxylic acid groups (broad SMARTS) is 1. The molecule has 2 atom stereocenters. The van der Waals surface area contributed by atoms with Crippen molar-refractivity contribution in [1.82, 2.24) is 5.32 Å². The van der Waals surface area contributed by atoms with Gasteiger partial charge in [0.1, 0.15) is 6.61 Å². The molecule has 2 aliphatic rings. The molecule has 0 aromatic rings. The summed E-state index contributed by atoms with van der Waals surface area (Å²) in [7, 11) is 0. The Bertz CT molecular complexity index is 356. The lowest BCUT2D eigenvalue weighted by atomic mass is 9.71. The first-order valence-corrected chi connectivity index (χ1v) is 6.46. The van der Waals surface area contributed by atoms with E-state index in [9.17, 15) is 9.59 Å². The van der Waals surface area contributed by atoms with E-state index in [1.165, 1.54) is 6.08 Å². The van der Waals surface area contributed by atoms with E-state index in [4.69, 9.17) is 14.6 Å². The molecule has 1 amide bonds. The molecule has 2 unspecified atom stereocenters. The Labute approximate surface area is 111 Å². The summed E-state index contributed by atoms with van der Waals surface area (Å²) in [6.45, 7) is 4.63. The summed E-state index contributed by atoms with van der Waals surface area (Å²) in [5, 5.41) is 11.9. The highest BCUT2D eigenvalue weighted by Crippen LogP contribution is 2.37. The van der Waals surface area contributed by atoms with Gasteiger partial charge < -0.3 is 19.9 Å². The summed E-state index contributed by atoms with van der Waals surface area (Å²) in [4.78, 5) is 22.7. The Kier molecular flexibility index (Phi) is 4.42. The molecule has 2 fully saturated rings. The van der Waals surface area contributed by atoms with Gasteiger partial charge in [-0.3, -0.25) is 4.79 Å². The van der Waals surface area contributed by atoms with Crippen molar-refractivity contribution in [2.24, 2.45) is 17.8 Å². The number of carboxylic acids is 1. The standard InChI is InChI=1S/C13H19NO5/c1-2-3-19-13(17)14-11-9-4-8(12(15)16)5-10(11)7-18-6-9/h2,8-11H,1,3-7H2,(H,14,17)(H,15,16). The van der Waals surface area contributed by atoms with Crippen LogP contribution in [0.25, 0.3) is 0 Å². The van der Waals surface area contributed by atoms with Crippen molar-refractivity contribution >= 4 is 12.1 Å². The molecule has 1 aliphatic heterocycles. The minimum atomic E-state index is -0.760. The molecule has 1 saturated carbocycles. The first-order chi connectivity index (χ1) is 9.11. The number of nitrogens with one attached hydrogen (secondary N) is 1. The maximum absolute atomic E-state index is 11.6. The predicted octanol–water partition coefficient (Wildman–Crippen LogP) is 1.02. The van der Waals surface area contributed by atoms with E-state index in [2.05, 4.69) is 11.9 Å². The van der Waals surface area contributed by atoms with E-state index in [1.54, 1.807) is 0 Å². The van der Waals surface area contributed by atoms with Gasteiger partial charge in [0.25, 0.3) is 0 Å². The molecule has 2 rings (SSSR count). The summed E-state index contributed by atoms with van der Waals surface area (Å²) in [6, 6.07) is -0.0540. The molecule has 1 heterocycles. The van der Waals surface area contributed by atoms with E-state index < -0.39 is 12.1 Å². The molecule has 19 heavy (non-hydrogen) atoms. The molecule has 6 heteroatoms. The minimum absolute atomic E-state index is 0.0462. The lowest BCUT2D eigenvalue weighted by molar-refractivity contribution is -0.147. The van der Waals surface area contributed by atoms with Crippen molar-refractivity contribution in [3.05, 3.63) is 12.7 Å². The number of alkyl carbamates (subject to hydrolysis) is 1. The molecule has 106 valence electrons. The van der Waals surface area contributed by atoms with Gasteiger partial charge in [0, 0.05) is 17.9 Å². The molecule has 1 aliphatic carbocycles. The lowest BCUT2D eigenvalue weighted by Gasteiger charge is -2.44. The van der Waals surface area contributed by atoms with Gasteiger partial charge in [-0.15, -0.1) is 0 Å². The third-order valence-electron chi connectivity index (χ3n) is 3.82. The quantitative estimate of drug-likeness (QED) is 0.744. The number of amides is 1. The normalized spacial score (nSPS) is 33.3. The first-order valence-electron chi connectivity index (χ1n) is 6.46. The summed E-state index contributed by atoms with van der Waals surface area (Å²) in [5.74, 6) is -1.000. The summed E-state index contributed by atoms with van der Waals surface area (Å²) >= 11 is 0. The summed E-state index contributed by atoms with van der Waals surface area (Å²) in [5.41, 5.74) is 0. The number of hydrogen-bond acceptors (Lipinski definition) is 4. The van der Waals surface area contributed by atoms with Gasteiger partial charge in [0.05, 0.1) is 19.1 Å². The van der Waals surface area contributed by atoms with Crippen LogP contribution in [0.5, 0.6) is 0 Å². The van der Waals surface area contributed by atoms with Gasteiger partial charge in [0.15, 0.2) is 0 Å². The summed E-state index contributed by atoms with van der Waals surface area (Å²) in [6.07, 6.45) is 2.11. The molecule has 2 N–H and O–H groups in total. The molecule has 0 radical (unpaired) electrons. The Hall–Kier alpha value is -1.56. The monoisotopic (exact) mass is 269 g/mol. The number of fused-ring (bicyclic) bond motifs is 2. The Morgan fingerprint density at radius 3 is 2.53 bits per heavy atom. The van der Waals surface area contributed by atoms with Crippen molar-refractivity contribution in [1.29, 1.82) is 0 Å². The Balaban J connectivity index is 1.96. The number of carbonyl (C=O) groups is 2. The fourth-order valence-corrected chi connectivity index (χ4v) is 2.97. The van der Waals surface area contributed by atoms with Gasteiger partial charge >= 0.3 is 12.1 Å². The number of aliphatic carboxylic acids is 1. The van der Waals surface area contributed by atoms with E-state index in [1.807, 2.05) is 0 Å². The number of rotatable bonds is 4. The maximum Gasteiger partial charge on any atom is 0.407 e. The van der Waals surface area contributed by atoms with Crippen LogP contribution in [0.2, 0.25) is 0 Å². The van der Waals surface area contributed by atoms with Crippen LogP contribution in [0, 0.1) is 17.8 Å².